The molecule has 0 N–H and O–H groups in total. The van der Waals surface area contributed by atoms with E-state index in [1.807, 2.05) is 0 Å². The number of hydrogen-bond donors (Lipinski definition) is 0. The highest BCUT2D eigenvalue weighted by Crippen LogP contribution is 2.32. The first-order chi connectivity index (χ1) is 8.89. The molecule has 0 radical (unpaired) electrons. The number of fused-ring (bicyclic) bond motifs is 1. The van der Waals surface area contributed by atoms with Crippen molar-refractivity contribution in [2.24, 2.45) is 0 Å². The van der Waals surface area contributed by atoms with Gasteiger partial charge in [0.15, 0.2) is 0 Å². The molecule has 0 aliphatic carbocycles. The monoisotopic (exact) mass is 306 g/mol. The Balaban J connectivity index is 2.59. The molecule has 0 unspecified atom stereocenters. The van der Waals surface area contributed by atoms with Crippen LogP contribution < -0.4 is 4.74 Å². The quantitative estimate of drug-likeness (QED) is 0.813. The van der Waals surface area contributed by atoms with Crippen LogP contribution in [-0.4, -0.2) is 21.5 Å². The normalized spacial score (nSPS) is 12.0. The van der Waals surface area contributed by atoms with E-state index in [2.05, 4.69) is 0 Å². The smallest absolute Gasteiger partial charge is 0.272 e. The second-order valence-corrected chi connectivity index (χ2v) is 6.28. The topological polar surface area (TPSA) is 43.4 Å². The number of halogens is 3. The summed E-state index contributed by atoms with van der Waals surface area (Å²) in [4.78, 5) is -0.0748. The molecule has 102 valence electrons. The van der Waals surface area contributed by atoms with E-state index in [0.29, 0.717) is 10.8 Å². The summed E-state index contributed by atoms with van der Waals surface area (Å²) in [5.41, 5.74) is 0. The minimum absolute atomic E-state index is 0.0748. The Labute approximate surface area is 113 Å². The summed E-state index contributed by atoms with van der Waals surface area (Å²) in [6.45, 7) is -0.753. The maximum Gasteiger partial charge on any atom is 0.272 e. The molecule has 0 heterocycles. The standard InChI is InChI=1S/C12H9ClF2O3S/c13-19(16,17)11-6-5-10(18-7-12(14)15)8-3-1-2-4-9(8)11/h1-6,12H,7H2. The molecule has 3 nitrogen and oxygen atoms in total. The lowest BCUT2D eigenvalue weighted by molar-refractivity contribution is 0.0826. The average Bonchev–Trinajstić information content (AvgIpc) is 2.34. The van der Waals surface area contributed by atoms with Gasteiger partial charge in [-0.2, -0.15) is 0 Å². The number of alkyl halides is 2. The first kappa shape index (κ1) is 14.0. The molecule has 0 bridgehead atoms. The lowest BCUT2D eigenvalue weighted by Crippen LogP contribution is -2.07. The predicted octanol–water partition coefficient (Wildman–Crippen LogP) is 3.41. The van der Waals surface area contributed by atoms with Crippen molar-refractivity contribution in [2.45, 2.75) is 11.3 Å². The van der Waals surface area contributed by atoms with Gasteiger partial charge in [-0.15, -0.1) is 0 Å². The molecule has 0 spiro atoms. The highest BCUT2D eigenvalue weighted by molar-refractivity contribution is 8.14. The minimum Gasteiger partial charge on any atom is -0.487 e. The van der Waals surface area contributed by atoms with Gasteiger partial charge < -0.3 is 4.74 Å². The molecule has 0 atom stereocenters. The zero-order chi connectivity index (χ0) is 14.0. The van der Waals surface area contributed by atoms with Gasteiger partial charge in [0.25, 0.3) is 15.5 Å². The van der Waals surface area contributed by atoms with Gasteiger partial charge in [0.1, 0.15) is 12.4 Å². The zero-order valence-corrected chi connectivity index (χ0v) is 11.1. The third-order valence-corrected chi connectivity index (χ3v) is 3.85. The van der Waals surface area contributed by atoms with Crippen LogP contribution in [0.5, 0.6) is 5.75 Å². The molecule has 2 rings (SSSR count). The van der Waals surface area contributed by atoms with Crippen molar-refractivity contribution in [3.05, 3.63) is 36.4 Å². The van der Waals surface area contributed by atoms with Crippen molar-refractivity contribution in [1.29, 1.82) is 0 Å². The summed E-state index contributed by atoms with van der Waals surface area (Å²) < 4.78 is 52.1. The lowest BCUT2D eigenvalue weighted by atomic mass is 10.1. The van der Waals surface area contributed by atoms with E-state index in [9.17, 15) is 17.2 Å². The van der Waals surface area contributed by atoms with Crippen LogP contribution in [0.15, 0.2) is 41.3 Å². The molecule has 19 heavy (non-hydrogen) atoms. The van der Waals surface area contributed by atoms with E-state index < -0.39 is 22.1 Å². The number of benzene rings is 2. The maximum absolute atomic E-state index is 12.1. The predicted molar refractivity (Wildman–Crippen MR) is 68.5 cm³/mol. The third kappa shape index (κ3) is 3.13. The number of rotatable bonds is 4. The Morgan fingerprint density at radius 2 is 1.74 bits per heavy atom. The Kier molecular flexibility index (Phi) is 3.91. The zero-order valence-electron chi connectivity index (χ0n) is 9.52. The Hall–Kier alpha value is -1.40. The second-order valence-electron chi connectivity index (χ2n) is 3.75. The third-order valence-electron chi connectivity index (χ3n) is 2.47. The fraction of sp³-hybridized carbons (Fsp3) is 0.167. The van der Waals surface area contributed by atoms with Gasteiger partial charge in [0.2, 0.25) is 0 Å². The molecule has 0 saturated heterocycles. The first-order valence-electron chi connectivity index (χ1n) is 5.27. The Morgan fingerprint density at radius 3 is 2.32 bits per heavy atom. The van der Waals surface area contributed by atoms with E-state index in [0.717, 1.165) is 0 Å². The van der Waals surface area contributed by atoms with Crippen LogP contribution in [-0.2, 0) is 9.05 Å². The fourth-order valence-corrected chi connectivity index (χ4v) is 2.81. The van der Waals surface area contributed by atoms with Crippen LogP contribution >= 0.6 is 10.7 Å². The van der Waals surface area contributed by atoms with Crippen molar-refractivity contribution >= 4 is 30.5 Å². The molecule has 0 aliphatic rings. The van der Waals surface area contributed by atoms with Crippen molar-refractivity contribution < 1.29 is 21.9 Å². The molecule has 0 amide bonds. The summed E-state index contributed by atoms with van der Waals surface area (Å²) in [5.74, 6) is 0.194. The molecule has 0 fully saturated rings. The van der Waals surface area contributed by atoms with Crippen LogP contribution in [0.4, 0.5) is 8.78 Å². The molecule has 0 saturated carbocycles. The number of hydrogen-bond acceptors (Lipinski definition) is 3. The summed E-state index contributed by atoms with van der Waals surface area (Å²) in [6, 6.07) is 8.97. The number of ether oxygens (including phenoxy) is 1. The van der Waals surface area contributed by atoms with Crippen LogP contribution in [0.1, 0.15) is 0 Å². The Morgan fingerprint density at radius 1 is 1.11 bits per heavy atom. The van der Waals surface area contributed by atoms with E-state index in [4.69, 9.17) is 15.4 Å². The van der Waals surface area contributed by atoms with Gasteiger partial charge in [0.05, 0.1) is 4.90 Å². The van der Waals surface area contributed by atoms with E-state index in [1.54, 1.807) is 24.3 Å². The van der Waals surface area contributed by atoms with Crippen molar-refractivity contribution in [1.82, 2.24) is 0 Å². The summed E-state index contributed by atoms with van der Waals surface area (Å²) in [7, 11) is 1.42. The van der Waals surface area contributed by atoms with Crippen LogP contribution in [0.3, 0.4) is 0 Å². The average molecular weight is 307 g/mol. The van der Waals surface area contributed by atoms with Gasteiger partial charge in [0, 0.05) is 21.5 Å². The summed E-state index contributed by atoms with van der Waals surface area (Å²) in [5, 5.41) is 0.758. The maximum atomic E-state index is 12.1. The van der Waals surface area contributed by atoms with Gasteiger partial charge in [-0.05, 0) is 12.1 Å². The minimum atomic E-state index is -3.91. The van der Waals surface area contributed by atoms with E-state index in [-0.39, 0.29) is 10.6 Å². The van der Waals surface area contributed by atoms with Gasteiger partial charge in [-0.25, -0.2) is 17.2 Å². The molecule has 0 aromatic heterocycles. The molecular weight excluding hydrogens is 298 g/mol. The fourth-order valence-electron chi connectivity index (χ4n) is 1.74. The second kappa shape index (κ2) is 5.30. The molecule has 0 aliphatic heterocycles. The van der Waals surface area contributed by atoms with Gasteiger partial charge >= 0.3 is 0 Å². The summed E-state index contributed by atoms with van der Waals surface area (Å²) >= 11 is 0. The van der Waals surface area contributed by atoms with Crippen LogP contribution in [0, 0.1) is 0 Å². The highest BCUT2D eigenvalue weighted by Gasteiger charge is 2.16. The van der Waals surface area contributed by atoms with Crippen molar-refractivity contribution in [3.8, 4) is 5.75 Å². The molecule has 7 heteroatoms. The Bertz CT molecular complexity index is 701. The lowest BCUT2D eigenvalue weighted by Gasteiger charge is -2.10. The highest BCUT2D eigenvalue weighted by atomic mass is 35.7. The van der Waals surface area contributed by atoms with Gasteiger partial charge in [-0.1, -0.05) is 24.3 Å². The van der Waals surface area contributed by atoms with Crippen LogP contribution in [0.25, 0.3) is 10.8 Å². The molecule has 2 aromatic carbocycles. The SMILES string of the molecule is O=S(=O)(Cl)c1ccc(OCC(F)F)c2ccccc12. The van der Waals surface area contributed by atoms with E-state index in [1.165, 1.54) is 12.1 Å². The summed E-state index contributed by atoms with van der Waals surface area (Å²) in [6.07, 6.45) is -2.60. The molecule has 2 aromatic rings. The largest absolute Gasteiger partial charge is 0.487 e. The van der Waals surface area contributed by atoms with E-state index >= 15 is 0 Å². The van der Waals surface area contributed by atoms with Crippen molar-refractivity contribution in [3.63, 3.8) is 0 Å². The van der Waals surface area contributed by atoms with Crippen molar-refractivity contribution in [2.75, 3.05) is 6.61 Å². The van der Waals surface area contributed by atoms with Crippen LogP contribution in [0.2, 0.25) is 0 Å². The first-order valence-corrected chi connectivity index (χ1v) is 7.58. The van der Waals surface area contributed by atoms with Gasteiger partial charge in [-0.3, -0.25) is 0 Å². The molecular formula is C12H9ClF2O3S.